The van der Waals surface area contributed by atoms with Gasteiger partial charge in [0.25, 0.3) is 0 Å². The number of nitrogens with one attached hydrogen (secondary N) is 1. The van der Waals surface area contributed by atoms with E-state index in [1.807, 2.05) is 24.4 Å². The normalized spacial score (nSPS) is 20.4. The first-order valence-corrected chi connectivity index (χ1v) is 11.2. The maximum atomic E-state index is 13.2. The number of aromatic nitrogens is 3. The minimum absolute atomic E-state index is 0.202. The lowest BCUT2D eigenvalue weighted by molar-refractivity contribution is -0.134. The van der Waals surface area contributed by atoms with Gasteiger partial charge in [0, 0.05) is 25.7 Å². The van der Waals surface area contributed by atoms with E-state index in [1.165, 1.54) is 7.11 Å². The zero-order valence-electron chi connectivity index (χ0n) is 18.2. The number of fused-ring (bicyclic) bond motifs is 2. The van der Waals surface area contributed by atoms with E-state index >= 15 is 0 Å². The molecule has 2 saturated heterocycles. The molecule has 32 heavy (non-hydrogen) atoms. The van der Waals surface area contributed by atoms with Gasteiger partial charge in [-0.3, -0.25) is 4.79 Å². The third kappa shape index (κ3) is 3.70. The molecule has 2 aliphatic heterocycles. The van der Waals surface area contributed by atoms with E-state index in [-0.39, 0.29) is 17.9 Å². The van der Waals surface area contributed by atoms with Gasteiger partial charge >= 0.3 is 5.97 Å². The monoisotopic (exact) mass is 433 g/mol. The highest BCUT2D eigenvalue weighted by Crippen LogP contribution is 2.36. The molecule has 0 bridgehead atoms. The van der Waals surface area contributed by atoms with Crippen LogP contribution < -0.4 is 4.90 Å². The van der Waals surface area contributed by atoms with Crippen LogP contribution in [0.2, 0.25) is 0 Å². The second-order valence-corrected chi connectivity index (χ2v) is 8.47. The van der Waals surface area contributed by atoms with Gasteiger partial charge in [0.1, 0.15) is 17.8 Å². The predicted octanol–water partition coefficient (Wildman–Crippen LogP) is 2.95. The number of hydrogen-bond donors (Lipinski definition) is 1. The van der Waals surface area contributed by atoms with Crippen LogP contribution >= 0.6 is 0 Å². The van der Waals surface area contributed by atoms with E-state index in [2.05, 4.69) is 24.8 Å². The Morgan fingerprint density at radius 1 is 1.09 bits per heavy atom. The van der Waals surface area contributed by atoms with Crippen molar-refractivity contribution in [1.82, 2.24) is 19.9 Å². The van der Waals surface area contributed by atoms with Gasteiger partial charge in [-0.1, -0.05) is 12.1 Å². The zero-order chi connectivity index (χ0) is 22.1. The molecule has 4 heterocycles. The molecule has 8 nitrogen and oxygen atoms in total. The van der Waals surface area contributed by atoms with Crippen LogP contribution in [0, 0.1) is 0 Å². The number of carbonyl (C=O) groups is 2. The average molecular weight is 434 g/mol. The number of amides is 1. The number of rotatable bonds is 5. The van der Waals surface area contributed by atoms with Crippen molar-refractivity contribution < 1.29 is 14.3 Å². The molecule has 0 spiro atoms. The van der Waals surface area contributed by atoms with E-state index in [4.69, 9.17) is 4.74 Å². The minimum Gasteiger partial charge on any atom is -0.465 e. The second kappa shape index (κ2) is 8.61. The Labute approximate surface area is 186 Å². The van der Waals surface area contributed by atoms with Gasteiger partial charge in [-0.05, 0) is 49.4 Å². The second-order valence-electron chi connectivity index (χ2n) is 8.47. The van der Waals surface area contributed by atoms with Crippen LogP contribution in [0.25, 0.3) is 11.0 Å². The molecule has 5 rings (SSSR count). The van der Waals surface area contributed by atoms with Gasteiger partial charge in [-0.25, -0.2) is 14.8 Å². The Morgan fingerprint density at radius 2 is 1.94 bits per heavy atom. The molecule has 166 valence electrons. The van der Waals surface area contributed by atoms with Crippen LogP contribution in [0.3, 0.4) is 0 Å². The Morgan fingerprint density at radius 3 is 2.75 bits per heavy atom. The maximum Gasteiger partial charge on any atom is 0.337 e. The van der Waals surface area contributed by atoms with E-state index in [0.29, 0.717) is 24.4 Å². The van der Waals surface area contributed by atoms with Crippen LogP contribution in [0.15, 0.2) is 42.9 Å². The number of nitrogens with zero attached hydrogens (tertiary/aromatic N) is 4. The Bertz CT molecular complexity index is 1130. The van der Waals surface area contributed by atoms with Crippen molar-refractivity contribution in [3.63, 3.8) is 0 Å². The summed E-state index contributed by atoms with van der Waals surface area (Å²) >= 11 is 0. The van der Waals surface area contributed by atoms with Crippen LogP contribution in [-0.4, -0.2) is 64.0 Å². The third-order valence-corrected chi connectivity index (χ3v) is 6.74. The fourth-order valence-electron chi connectivity index (χ4n) is 5.17. The van der Waals surface area contributed by atoms with Crippen LogP contribution in [-0.2, 0) is 16.0 Å². The average Bonchev–Trinajstić information content (AvgIpc) is 3.49. The van der Waals surface area contributed by atoms with Crippen molar-refractivity contribution in [2.24, 2.45) is 0 Å². The summed E-state index contributed by atoms with van der Waals surface area (Å²) in [4.78, 5) is 41.3. The Balaban J connectivity index is 1.26. The smallest absolute Gasteiger partial charge is 0.337 e. The maximum absolute atomic E-state index is 13.2. The van der Waals surface area contributed by atoms with Crippen molar-refractivity contribution in [3.8, 4) is 0 Å². The molecular weight excluding hydrogens is 406 g/mol. The molecule has 1 aromatic carbocycles. The van der Waals surface area contributed by atoms with Gasteiger partial charge in [-0.2, -0.15) is 0 Å². The lowest BCUT2D eigenvalue weighted by Crippen LogP contribution is -2.52. The molecule has 1 N–H and O–H groups in total. The zero-order valence-corrected chi connectivity index (χ0v) is 18.2. The number of anilines is 1. The van der Waals surface area contributed by atoms with E-state index in [0.717, 1.165) is 54.8 Å². The molecule has 8 heteroatoms. The first-order valence-electron chi connectivity index (χ1n) is 11.2. The highest BCUT2D eigenvalue weighted by molar-refractivity contribution is 5.89. The van der Waals surface area contributed by atoms with Crippen LogP contribution in [0.5, 0.6) is 0 Å². The third-order valence-electron chi connectivity index (χ3n) is 6.74. The van der Waals surface area contributed by atoms with E-state index < -0.39 is 0 Å². The number of hydrogen-bond acceptors (Lipinski definition) is 6. The number of esters is 1. The summed E-state index contributed by atoms with van der Waals surface area (Å²) in [5, 5.41) is 1.03. The fraction of sp³-hybridized carbons (Fsp3) is 0.417. The summed E-state index contributed by atoms with van der Waals surface area (Å²) in [5.74, 6) is 0.815. The van der Waals surface area contributed by atoms with E-state index in [9.17, 15) is 9.59 Å². The quantitative estimate of drug-likeness (QED) is 0.622. The number of piperidine rings is 1. The van der Waals surface area contributed by atoms with Crippen molar-refractivity contribution in [3.05, 3.63) is 54.0 Å². The lowest BCUT2D eigenvalue weighted by atomic mass is 9.95. The van der Waals surface area contributed by atoms with Crippen molar-refractivity contribution in [1.29, 1.82) is 0 Å². The largest absolute Gasteiger partial charge is 0.465 e. The van der Waals surface area contributed by atoms with Crippen molar-refractivity contribution in [2.45, 2.75) is 44.2 Å². The molecular formula is C24H27N5O3. The number of benzene rings is 1. The molecule has 0 radical (unpaired) electrons. The molecule has 2 aromatic heterocycles. The van der Waals surface area contributed by atoms with E-state index in [1.54, 1.807) is 18.5 Å². The first kappa shape index (κ1) is 20.5. The number of carbonyl (C=O) groups excluding carboxylic acids is 2. The summed E-state index contributed by atoms with van der Waals surface area (Å²) < 4.78 is 4.74. The Kier molecular flexibility index (Phi) is 5.51. The van der Waals surface area contributed by atoms with Gasteiger partial charge in [-0.15, -0.1) is 0 Å². The van der Waals surface area contributed by atoms with Gasteiger partial charge < -0.3 is 19.5 Å². The van der Waals surface area contributed by atoms with Crippen molar-refractivity contribution in [2.75, 3.05) is 25.1 Å². The minimum atomic E-state index is -0.349. The summed E-state index contributed by atoms with van der Waals surface area (Å²) in [6.07, 6.45) is 7.66. The topological polar surface area (TPSA) is 91.4 Å². The van der Waals surface area contributed by atoms with Crippen LogP contribution in [0.1, 0.15) is 41.6 Å². The van der Waals surface area contributed by atoms with Gasteiger partial charge in [0.15, 0.2) is 0 Å². The van der Waals surface area contributed by atoms with Gasteiger partial charge in [0.2, 0.25) is 5.91 Å². The first-order chi connectivity index (χ1) is 15.7. The lowest BCUT2D eigenvalue weighted by Gasteiger charge is -2.40. The summed E-state index contributed by atoms with van der Waals surface area (Å²) in [5.41, 5.74) is 2.41. The number of methoxy groups -OCH3 is 1. The molecule has 1 amide bonds. The summed E-state index contributed by atoms with van der Waals surface area (Å²) in [6, 6.07) is 9.83. The number of H-pyrrole nitrogens is 1. The highest BCUT2D eigenvalue weighted by Gasteiger charge is 2.42. The summed E-state index contributed by atoms with van der Waals surface area (Å²) in [7, 11) is 1.37. The standard InChI is InChI=1S/C24H27N5O3/c1-32-24(31)17-7-4-16(5-8-17)6-9-21(30)28-13-2-3-19-20(28)11-14-29(19)23-18-10-12-25-22(18)26-15-27-23/h4-5,7-8,10,12,15,19-20H,2-3,6,9,11,13-14H2,1H3,(H,25,26,27)/t19-,20-/m1/s1. The number of aromatic amines is 1. The molecule has 0 aliphatic carbocycles. The molecule has 3 aromatic rings. The van der Waals surface area contributed by atoms with Crippen molar-refractivity contribution >= 4 is 28.7 Å². The number of aryl methyl sites for hydroxylation is 1. The number of likely N-dealkylation sites (tertiary alicyclic amines) is 1. The molecule has 2 aliphatic rings. The number of ether oxygens (including phenoxy) is 1. The predicted molar refractivity (Wildman–Crippen MR) is 120 cm³/mol. The molecule has 0 unspecified atom stereocenters. The Hall–Kier alpha value is -3.42. The SMILES string of the molecule is COC(=O)c1ccc(CCC(=O)N2CCC[C@@H]3[C@H]2CCN3c2ncnc3[nH]ccc23)cc1. The molecule has 2 atom stereocenters. The summed E-state index contributed by atoms with van der Waals surface area (Å²) in [6.45, 7) is 1.71. The highest BCUT2D eigenvalue weighted by atomic mass is 16.5. The molecule has 2 fully saturated rings. The van der Waals surface area contributed by atoms with Gasteiger partial charge in [0.05, 0.1) is 30.1 Å². The van der Waals surface area contributed by atoms with Crippen LogP contribution in [0.4, 0.5) is 5.82 Å². The fourth-order valence-corrected chi connectivity index (χ4v) is 5.17. The molecule has 0 saturated carbocycles.